The van der Waals surface area contributed by atoms with Crippen molar-refractivity contribution < 1.29 is 9.18 Å². The fourth-order valence-corrected chi connectivity index (χ4v) is 2.27. The Hall–Kier alpha value is -2.36. The molecule has 0 saturated heterocycles. The molecule has 1 aliphatic rings. The third-order valence-corrected chi connectivity index (χ3v) is 3.53. The maximum Gasteiger partial charge on any atom is 0.243 e. The Kier molecular flexibility index (Phi) is 3.86. The van der Waals surface area contributed by atoms with Crippen LogP contribution in [0, 0.1) is 5.82 Å². The van der Waals surface area contributed by atoms with Crippen molar-refractivity contribution in [1.82, 2.24) is 0 Å². The zero-order valence-corrected chi connectivity index (χ0v) is 11.6. The maximum absolute atomic E-state index is 13.9. The minimum absolute atomic E-state index is 0.108. The maximum atomic E-state index is 13.9. The van der Waals surface area contributed by atoms with Gasteiger partial charge in [0.25, 0.3) is 0 Å². The molecule has 0 unspecified atom stereocenters. The van der Waals surface area contributed by atoms with Crippen LogP contribution >= 0.6 is 0 Å². The van der Waals surface area contributed by atoms with Gasteiger partial charge in [0.15, 0.2) is 0 Å². The number of carbonyl (C=O) groups is 1. The number of carbonyl (C=O) groups excluding carboxylic acids is 1. The molecule has 1 aliphatic carbocycles. The molecule has 1 fully saturated rings. The molecule has 21 heavy (non-hydrogen) atoms. The van der Waals surface area contributed by atoms with Gasteiger partial charge in [0.1, 0.15) is 5.82 Å². The van der Waals surface area contributed by atoms with Gasteiger partial charge in [0.2, 0.25) is 5.91 Å². The predicted octanol–water partition coefficient (Wildman–Crippen LogP) is 3.75. The van der Waals surface area contributed by atoms with Crippen LogP contribution in [-0.4, -0.2) is 12.5 Å². The first kappa shape index (κ1) is 13.6. The average molecular weight is 284 g/mol. The highest BCUT2D eigenvalue weighted by Gasteiger charge is 2.26. The van der Waals surface area contributed by atoms with Gasteiger partial charge in [-0.1, -0.05) is 24.3 Å². The van der Waals surface area contributed by atoms with Crippen molar-refractivity contribution in [3.8, 4) is 0 Å². The molecule has 2 aromatic carbocycles. The van der Waals surface area contributed by atoms with Gasteiger partial charge in [0.05, 0.1) is 6.54 Å². The summed E-state index contributed by atoms with van der Waals surface area (Å²) in [4.78, 5) is 11.8. The van der Waals surface area contributed by atoms with Crippen molar-refractivity contribution in [2.24, 2.45) is 0 Å². The second-order valence-electron chi connectivity index (χ2n) is 5.28. The lowest BCUT2D eigenvalue weighted by molar-refractivity contribution is -0.114. The lowest BCUT2D eigenvalue weighted by Crippen LogP contribution is -2.21. The monoisotopic (exact) mass is 284 g/mol. The van der Waals surface area contributed by atoms with Crippen LogP contribution in [0.3, 0.4) is 0 Å². The van der Waals surface area contributed by atoms with E-state index in [0.717, 1.165) is 24.1 Å². The molecule has 1 amide bonds. The number of hydrogen-bond donors (Lipinski definition) is 2. The van der Waals surface area contributed by atoms with Crippen molar-refractivity contribution in [2.45, 2.75) is 18.8 Å². The van der Waals surface area contributed by atoms with Crippen molar-refractivity contribution in [2.75, 3.05) is 17.2 Å². The normalized spacial score (nSPS) is 13.8. The first-order valence-electron chi connectivity index (χ1n) is 7.10. The molecule has 0 heterocycles. The Morgan fingerprint density at radius 3 is 2.52 bits per heavy atom. The fourth-order valence-electron chi connectivity index (χ4n) is 2.27. The lowest BCUT2D eigenvalue weighted by Gasteiger charge is -2.09. The number of rotatable bonds is 5. The van der Waals surface area contributed by atoms with E-state index in [1.807, 2.05) is 42.5 Å². The average Bonchev–Trinajstić information content (AvgIpc) is 3.31. The van der Waals surface area contributed by atoms with Crippen molar-refractivity contribution in [3.05, 3.63) is 59.9 Å². The lowest BCUT2D eigenvalue weighted by atomic mass is 10.1. The first-order chi connectivity index (χ1) is 10.2. The summed E-state index contributed by atoms with van der Waals surface area (Å²) in [5, 5.41) is 5.71. The van der Waals surface area contributed by atoms with Crippen LogP contribution in [0.1, 0.15) is 24.3 Å². The smallest absolute Gasteiger partial charge is 0.243 e. The Balaban J connectivity index is 1.55. The van der Waals surface area contributed by atoms with E-state index in [1.165, 1.54) is 6.07 Å². The summed E-state index contributed by atoms with van der Waals surface area (Å²) < 4.78 is 13.9. The largest absolute Gasteiger partial charge is 0.376 e. The summed E-state index contributed by atoms with van der Waals surface area (Å²) in [6, 6.07) is 14.3. The molecule has 3 rings (SSSR count). The van der Waals surface area contributed by atoms with E-state index in [2.05, 4.69) is 10.6 Å². The number of amides is 1. The summed E-state index contributed by atoms with van der Waals surface area (Å²) in [5.74, 6) is 0.0410. The van der Waals surface area contributed by atoms with Gasteiger partial charge < -0.3 is 10.6 Å². The van der Waals surface area contributed by atoms with E-state index in [-0.39, 0.29) is 18.3 Å². The number of para-hydroxylation sites is 1. The van der Waals surface area contributed by atoms with Gasteiger partial charge >= 0.3 is 0 Å². The Bertz CT molecular complexity index is 638. The molecular weight excluding hydrogens is 267 g/mol. The zero-order chi connectivity index (χ0) is 14.7. The molecule has 0 atom stereocenters. The third kappa shape index (κ3) is 3.60. The summed E-state index contributed by atoms with van der Waals surface area (Å²) in [7, 11) is 0. The number of anilines is 2. The minimum Gasteiger partial charge on any atom is -0.376 e. The second-order valence-corrected chi connectivity index (χ2v) is 5.28. The molecule has 4 heteroatoms. The van der Waals surface area contributed by atoms with E-state index < -0.39 is 0 Å². The Morgan fingerprint density at radius 1 is 1.10 bits per heavy atom. The number of nitrogens with one attached hydrogen (secondary N) is 2. The Labute approximate surface area is 123 Å². The van der Waals surface area contributed by atoms with Gasteiger partial charge in [-0.15, -0.1) is 0 Å². The van der Waals surface area contributed by atoms with Crippen molar-refractivity contribution in [3.63, 3.8) is 0 Å². The molecule has 108 valence electrons. The summed E-state index contributed by atoms with van der Waals surface area (Å²) in [6.45, 7) is 0.108. The Morgan fingerprint density at radius 2 is 1.86 bits per heavy atom. The number of halogens is 1. The van der Waals surface area contributed by atoms with E-state index >= 15 is 0 Å². The van der Waals surface area contributed by atoms with Crippen LogP contribution in [0.15, 0.2) is 48.5 Å². The molecule has 0 aliphatic heterocycles. The molecule has 1 saturated carbocycles. The van der Waals surface area contributed by atoms with Crippen LogP contribution in [0.25, 0.3) is 0 Å². The summed E-state index contributed by atoms with van der Waals surface area (Å²) in [5.41, 5.74) is 2.16. The van der Waals surface area contributed by atoms with E-state index in [1.54, 1.807) is 0 Å². The fraction of sp³-hybridized carbons (Fsp3) is 0.235. The van der Waals surface area contributed by atoms with Gasteiger partial charge in [0, 0.05) is 11.4 Å². The van der Waals surface area contributed by atoms with Crippen LogP contribution in [0.5, 0.6) is 0 Å². The molecule has 0 radical (unpaired) electrons. The molecular formula is C17H17FN2O. The van der Waals surface area contributed by atoms with E-state index in [4.69, 9.17) is 0 Å². The molecule has 0 spiro atoms. The molecule has 2 aromatic rings. The zero-order valence-electron chi connectivity index (χ0n) is 11.6. The molecule has 0 bridgehead atoms. The SMILES string of the molecule is O=C(CNc1ccc(C2CC2)c(F)c1)Nc1ccccc1. The van der Waals surface area contributed by atoms with E-state index in [0.29, 0.717) is 11.6 Å². The predicted molar refractivity (Wildman–Crippen MR) is 81.9 cm³/mol. The summed E-state index contributed by atoms with van der Waals surface area (Å²) >= 11 is 0. The molecule has 2 N–H and O–H groups in total. The topological polar surface area (TPSA) is 41.1 Å². The molecule has 0 aromatic heterocycles. The van der Waals surface area contributed by atoms with Gasteiger partial charge in [-0.25, -0.2) is 4.39 Å². The second kappa shape index (κ2) is 5.95. The number of hydrogen-bond acceptors (Lipinski definition) is 2. The number of benzene rings is 2. The van der Waals surface area contributed by atoms with Crippen LogP contribution in [0.2, 0.25) is 0 Å². The van der Waals surface area contributed by atoms with Crippen molar-refractivity contribution in [1.29, 1.82) is 0 Å². The quantitative estimate of drug-likeness (QED) is 0.878. The standard InChI is InChI=1S/C17H17FN2O/c18-16-10-14(8-9-15(16)12-6-7-12)19-11-17(21)20-13-4-2-1-3-5-13/h1-5,8-10,12,19H,6-7,11H2,(H,20,21). The highest BCUT2D eigenvalue weighted by atomic mass is 19.1. The van der Waals surface area contributed by atoms with Gasteiger partial charge in [-0.2, -0.15) is 0 Å². The van der Waals surface area contributed by atoms with Crippen LogP contribution in [0.4, 0.5) is 15.8 Å². The van der Waals surface area contributed by atoms with Crippen LogP contribution < -0.4 is 10.6 Å². The first-order valence-corrected chi connectivity index (χ1v) is 7.10. The van der Waals surface area contributed by atoms with Crippen LogP contribution in [-0.2, 0) is 4.79 Å². The highest BCUT2D eigenvalue weighted by molar-refractivity contribution is 5.93. The van der Waals surface area contributed by atoms with Gasteiger partial charge in [-0.3, -0.25) is 4.79 Å². The summed E-state index contributed by atoms with van der Waals surface area (Å²) in [6.07, 6.45) is 2.15. The van der Waals surface area contributed by atoms with Crippen molar-refractivity contribution >= 4 is 17.3 Å². The van der Waals surface area contributed by atoms with Gasteiger partial charge in [-0.05, 0) is 48.6 Å². The highest BCUT2D eigenvalue weighted by Crippen LogP contribution is 2.41. The third-order valence-electron chi connectivity index (χ3n) is 3.53. The molecule has 3 nitrogen and oxygen atoms in total. The van der Waals surface area contributed by atoms with E-state index in [9.17, 15) is 9.18 Å². The minimum atomic E-state index is -0.189.